The van der Waals surface area contributed by atoms with Gasteiger partial charge in [-0.1, -0.05) is 0 Å². The first-order valence-electron chi connectivity index (χ1n) is 7.40. The number of nitriles is 1. The van der Waals surface area contributed by atoms with Crippen molar-refractivity contribution in [3.63, 3.8) is 0 Å². The highest BCUT2D eigenvalue weighted by molar-refractivity contribution is 7.13. The molecule has 3 rings (SSSR count). The van der Waals surface area contributed by atoms with E-state index in [0.717, 1.165) is 5.56 Å². The zero-order valence-electron chi connectivity index (χ0n) is 13.4. The van der Waals surface area contributed by atoms with E-state index in [1.807, 2.05) is 19.3 Å². The number of aromatic nitrogens is 3. The van der Waals surface area contributed by atoms with Crippen molar-refractivity contribution in [2.45, 2.75) is 0 Å². The number of aryl methyl sites for hydroxylation is 1. The average Bonchev–Trinajstić information content (AvgIpc) is 3.28. The van der Waals surface area contributed by atoms with Gasteiger partial charge >= 0.3 is 5.97 Å². The third-order valence-corrected chi connectivity index (χ3v) is 4.13. The molecule has 0 amide bonds. The molecular weight excluding hydrogens is 340 g/mol. The SMILES string of the molecule is Cn1cc(-c2nc(C(=O)OCCOc3ccc(C#N)cc3)cs2)cn1. The number of thiazole rings is 1. The number of carbonyl (C=O) groups is 1. The van der Waals surface area contributed by atoms with E-state index in [1.165, 1.54) is 11.3 Å². The third kappa shape index (κ3) is 4.22. The van der Waals surface area contributed by atoms with Crippen LogP contribution in [0.5, 0.6) is 5.75 Å². The minimum atomic E-state index is -0.491. The van der Waals surface area contributed by atoms with E-state index in [4.69, 9.17) is 14.7 Å². The summed E-state index contributed by atoms with van der Waals surface area (Å²) in [5.74, 6) is 0.123. The normalized spacial score (nSPS) is 10.2. The maximum Gasteiger partial charge on any atom is 0.357 e. The van der Waals surface area contributed by atoms with E-state index >= 15 is 0 Å². The molecule has 0 aliphatic rings. The topological polar surface area (TPSA) is 90.0 Å². The Hall–Kier alpha value is -3.18. The van der Waals surface area contributed by atoms with Crippen molar-refractivity contribution < 1.29 is 14.3 Å². The summed E-state index contributed by atoms with van der Waals surface area (Å²) in [7, 11) is 1.82. The van der Waals surface area contributed by atoms with Gasteiger partial charge in [-0.25, -0.2) is 9.78 Å². The highest BCUT2D eigenvalue weighted by Crippen LogP contribution is 2.23. The first-order valence-corrected chi connectivity index (χ1v) is 8.28. The first-order chi connectivity index (χ1) is 12.2. The van der Waals surface area contributed by atoms with Gasteiger partial charge in [0, 0.05) is 24.2 Å². The number of ether oxygens (including phenoxy) is 2. The van der Waals surface area contributed by atoms with Crippen LogP contribution in [0.25, 0.3) is 10.6 Å². The predicted molar refractivity (Wildman–Crippen MR) is 91.3 cm³/mol. The lowest BCUT2D eigenvalue weighted by atomic mass is 10.2. The highest BCUT2D eigenvalue weighted by Gasteiger charge is 2.14. The van der Waals surface area contributed by atoms with Crippen LogP contribution >= 0.6 is 11.3 Å². The number of carbonyl (C=O) groups excluding carboxylic acids is 1. The molecule has 0 saturated carbocycles. The molecule has 0 atom stereocenters. The van der Waals surface area contributed by atoms with Crippen LogP contribution in [0.4, 0.5) is 0 Å². The van der Waals surface area contributed by atoms with Gasteiger partial charge in [0.25, 0.3) is 0 Å². The number of nitrogens with zero attached hydrogens (tertiary/aromatic N) is 4. The Kier molecular flexibility index (Phi) is 5.06. The molecule has 7 nitrogen and oxygen atoms in total. The molecule has 0 fully saturated rings. The van der Waals surface area contributed by atoms with Gasteiger partial charge in [-0.3, -0.25) is 4.68 Å². The number of esters is 1. The van der Waals surface area contributed by atoms with E-state index in [2.05, 4.69) is 10.1 Å². The second kappa shape index (κ2) is 7.59. The first kappa shape index (κ1) is 16.7. The lowest BCUT2D eigenvalue weighted by Gasteiger charge is -2.06. The predicted octanol–water partition coefficient (Wildman–Crippen LogP) is 2.65. The van der Waals surface area contributed by atoms with Crippen molar-refractivity contribution in [2.24, 2.45) is 7.05 Å². The molecule has 2 heterocycles. The Morgan fingerprint density at radius 3 is 2.80 bits per heavy atom. The van der Waals surface area contributed by atoms with Gasteiger partial charge in [-0.15, -0.1) is 11.3 Å². The van der Waals surface area contributed by atoms with Crippen molar-refractivity contribution in [3.05, 3.63) is 53.3 Å². The Morgan fingerprint density at radius 1 is 1.32 bits per heavy atom. The maximum absolute atomic E-state index is 12.0. The van der Waals surface area contributed by atoms with Crippen LogP contribution in [0.3, 0.4) is 0 Å². The number of hydrogen-bond donors (Lipinski definition) is 0. The molecule has 0 bridgehead atoms. The Morgan fingerprint density at radius 2 is 2.12 bits per heavy atom. The van der Waals surface area contributed by atoms with Crippen molar-refractivity contribution in [3.8, 4) is 22.4 Å². The van der Waals surface area contributed by atoms with Crippen LogP contribution in [0, 0.1) is 11.3 Å². The van der Waals surface area contributed by atoms with Gasteiger partial charge in [0.15, 0.2) is 5.69 Å². The summed E-state index contributed by atoms with van der Waals surface area (Å²) in [5.41, 5.74) is 1.68. The van der Waals surface area contributed by atoms with Gasteiger partial charge in [0.05, 0.1) is 17.8 Å². The van der Waals surface area contributed by atoms with Crippen LogP contribution in [-0.4, -0.2) is 33.9 Å². The van der Waals surface area contributed by atoms with Crippen LogP contribution in [-0.2, 0) is 11.8 Å². The van der Waals surface area contributed by atoms with Crippen LogP contribution < -0.4 is 4.74 Å². The van der Waals surface area contributed by atoms with E-state index < -0.39 is 5.97 Å². The van der Waals surface area contributed by atoms with Gasteiger partial charge in [-0.05, 0) is 24.3 Å². The molecule has 1 aromatic carbocycles. The minimum Gasteiger partial charge on any atom is -0.490 e. The molecule has 0 aliphatic heterocycles. The summed E-state index contributed by atoms with van der Waals surface area (Å²) in [4.78, 5) is 16.3. The second-order valence-electron chi connectivity index (χ2n) is 5.06. The van der Waals surface area contributed by atoms with Gasteiger partial charge in [0.1, 0.15) is 24.0 Å². The molecule has 2 aromatic heterocycles. The quantitative estimate of drug-likeness (QED) is 0.499. The smallest absolute Gasteiger partial charge is 0.357 e. The Labute approximate surface area is 148 Å². The monoisotopic (exact) mass is 354 g/mol. The summed E-state index contributed by atoms with van der Waals surface area (Å²) in [6, 6.07) is 8.75. The lowest BCUT2D eigenvalue weighted by Crippen LogP contribution is -2.12. The van der Waals surface area contributed by atoms with E-state index in [0.29, 0.717) is 16.3 Å². The average molecular weight is 354 g/mol. The molecule has 0 N–H and O–H groups in total. The lowest BCUT2D eigenvalue weighted by molar-refractivity contribution is 0.0444. The molecule has 126 valence electrons. The van der Waals surface area contributed by atoms with Crippen LogP contribution in [0.1, 0.15) is 16.1 Å². The molecule has 0 unspecified atom stereocenters. The fourth-order valence-corrected chi connectivity index (χ4v) is 2.79. The van der Waals surface area contributed by atoms with Gasteiger partial charge in [0.2, 0.25) is 0 Å². The summed E-state index contributed by atoms with van der Waals surface area (Å²) < 4.78 is 12.3. The van der Waals surface area contributed by atoms with Gasteiger partial charge in [-0.2, -0.15) is 10.4 Å². The van der Waals surface area contributed by atoms with Crippen molar-refractivity contribution >= 4 is 17.3 Å². The molecule has 0 saturated heterocycles. The second-order valence-corrected chi connectivity index (χ2v) is 5.92. The van der Waals surface area contributed by atoms with E-state index in [1.54, 1.807) is 40.5 Å². The Bertz CT molecular complexity index is 909. The van der Waals surface area contributed by atoms with Crippen molar-refractivity contribution in [1.29, 1.82) is 5.26 Å². The minimum absolute atomic E-state index is 0.110. The molecule has 0 spiro atoms. The maximum atomic E-state index is 12.0. The summed E-state index contributed by atoms with van der Waals surface area (Å²) in [6.07, 6.45) is 3.53. The standard InChI is InChI=1S/C17H14N4O3S/c1-21-10-13(9-19-21)16-20-15(11-25-16)17(22)24-7-6-23-14-4-2-12(8-18)3-5-14/h2-5,9-11H,6-7H2,1H3. The van der Waals surface area contributed by atoms with Crippen LogP contribution in [0.2, 0.25) is 0 Å². The molecule has 3 aromatic rings. The number of benzene rings is 1. The zero-order chi connectivity index (χ0) is 17.6. The zero-order valence-corrected chi connectivity index (χ0v) is 14.2. The fraction of sp³-hybridized carbons (Fsp3) is 0.176. The number of rotatable bonds is 6. The third-order valence-electron chi connectivity index (χ3n) is 3.23. The summed E-state index contributed by atoms with van der Waals surface area (Å²) in [6.45, 7) is 0.329. The van der Waals surface area contributed by atoms with Gasteiger partial charge < -0.3 is 9.47 Å². The highest BCUT2D eigenvalue weighted by atomic mass is 32.1. The summed E-state index contributed by atoms with van der Waals surface area (Å²) in [5, 5.41) is 15.2. The van der Waals surface area contributed by atoms with E-state index in [9.17, 15) is 4.79 Å². The molecule has 0 aliphatic carbocycles. The summed E-state index contributed by atoms with van der Waals surface area (Å²) >= 11 is 1.36. The molecule has 0 radical (unpaired) electrons. The fourth-order valence-electron chi connectivity index (χ4n) is 2.03. The van der Waals surface area contributed by atoms with E-state index in [-0.39, 0.29) is 18.9 Å². The molecule has 25 heavy (non-hydrogen) atoms. The van der Waals surface area contributed by atoms with Crippen molar-refractivity contribution in [2.75, 3.05) is 13.2 Å². The van der Waals surface area contributed by atoms with Crippen LogP contribution in [0.15, 0.2) is 42.0 Å². The largest absolute Gasteiger partial charge is 0.490 e. The molecular formula is C17H14N4O3S. The Balaban J connectivity index is 1.48. The molecule has 8 heteroatoms. The van der Waals surface area contributed by atoms with Crippen molar-refractivity contribution in [1.82, 2.24) is 14.8 Å². The number of hydrogen-bond acceptors (Lipinski definition) is 7.